The molecule has 0 unspecified atom stereocenters. The number of anilines is 2. The summed E-state index contributed by atoms with van der Waals surface area (Å²) in [5.74, 6) is -1.25. The van der Waals surface area contributed by atoms with Gasteiger partial charge >= 0.3 is 37.7 Å². The van der Waals surface area contributed by atoms with Crippen LogP contribution in [0.2, 0.25) is 10.0 Å². The van der Waals surface area contributed by atoms with Crippen LogP contribution < -0.4 is 25.2 Å². The number of hydrogen-bond donors (Lipinski definition) is 4. The van der Waals surface area contributed by atoms with Crippen molar-refractivity contribution in [2.45, 2.75) is 23.6 Å². The SMILES string of the molecule is COc1ccc(NC(=O)c2cc3ccccc3c(N=Nc3c(S(=O)(=O)O)ccc(Cl)c3C)c2O)cc1.COc1ccc(NC(=O)c2cc3ccccc3c(N=Nc3c(S(=O)(=O)[O-])ccc(Cl)c3C)c2[O-])cc1.[Ca+2]. The summed E-state index contributed by atoms with van der Waals surface area (Å²) in [7, 11) is -6.50. The third kappa shape index (κ3) is 12.7. The number of carbonyl (C=O) groups excluding carboxylic acids is 2. The minimum Gasteiger partial charge on any atom is -0.870 e. The Morgan fingerprint density at radius 2 is 0.973 bits per heavy atom. The van der Waals surface area contributed by atoms with Crippen molar-refractivity contribution in [1.29, 1.82) is 0 Å². The summed E-state index contributed by atoms with van der Waals surface area (Å²) in [4.78, 5) is 24.9. The number of amides is 2. The summed E-state index contributed by atoms with van der Waals surface area (Å²) in [6.07, 6.45) is 0. The molecule has 0 aliphatic heterocycles. The van der Waals surface area contributed by atoms with Gasteiger partial charge in [-0.3, -0.25) is 14.1 Å². The van der Waals surface area contributed by atoms with Gasteiger partial charge in [-0.2, -0.15) is 13.5 Å². The van der Waals surface area contributed by atoms with E-state index in [-0.39, 0.29) is 92.8 Å². The van der Waals surface area contributed by atoms with E-state index in [4.69, 9.17) is 32.7 Å². The topological polar surface area (TPSA) is 281 Å². The molecule has 0 saturated carbocycles. The van der Waals surface area contributed by atoms with Crippen LogP contribution in [0, 0.1) is 13.8 Å². The zero-order chi connectivity index (χ0) is 52.1. The second kappa shape index (κ2) is 23.4. The number of halogens is 2. The fourth-order valence-corrected chi connectivity index (χ4v) is 8.72. The van der Waals surface area contributed by atoms with Gasteiger partial charge in [-0.1, -0.05) is 77.5 Å². The van der Waals surface area contributed by atoms with E-state index in [1.54, 1.807) is 97.1 Å². The van der Waals surface area contributed by atoms with Crippen LogP contribution in [0.3, 0.4) is 0 Å². The summed E-state index contributed by atoms with van der Waals surface area (Å²) in [6, 6.07) is 34.4. The molecule has 0 aliphatic rings. The summed E-state index contributed by atoms with van der Waals surface area (Å²) >= 11 is 12.2. The number of phenols is 1. The smallest absolute Gasteiger partial charge is 0.870 e. The minimum absolute atomic E-state index is 0. The molecule has 0 heterocycles. The Labute approximate surface area is 457 Å². The minimum atomic E-state index is -4.90. The van der Waals surface area contributed by atoms with E-state index in [0.29, 0.717) is 44.4 Å². The standard InChI is InChI=1S/2C25H20ClN3O6S.Ca/c2*1-14-20(26)11-12-21(36(32,33)34)22(14)28-29-23-18-6-4-3-5-15(18)13-19(24(23)30)25(31)27-16-7-9-17(35-2)10-8-16;/h2*3-13,30H,1-2H3,(H,27,31)(H,32,33,34);/q;;+2/p-2. The van der Waals surface area contributed by atoms with E-state index in [0.717, 1.165) is 12.1 Å². The van der Waals surface area contributed by atoms with Crippen molar-refractivity contribution in [3.05, 3.63) is 166 Å². The summed E-state index contributed by atoms with van der Waals surface area (Å²) in [5, 5.41) is 48.1. The Balaban J connectivity index is 0.000000235. The molecule has 0 radical (unpaired) electrons. The second-order valence-electron chi connectivity index (χ2n) is 15.4. The van der Waals surface area contributed by atoms with Gasteiger partial charge in [0.1, 0.15) is 43.6 Å². The van der Waals surface area contributed by atoms with Crippen LogP contribution in [0.15, 0.2) is 164 Å². The molecule has 368 valence electrons. The number of hydrogen-bond acceptors (Lipinski definition) is 15. The molecule has 4 N–H and O–H groups in total. The first kappa shape index (κ1) is 55.6. The average Bonchev–Trinajstić information content (AvgIpc) is 3.35. The summed E-state index contributed by atoms with van der Waals surface area (Å²) < 4.78 is 78.8. The Morgan fingerprint density at radius 3 is 1.44 bits per heavy atom. The Kier molecular flexibility index (Phi) is 17.8. The van der Waals surface area contributed by atoms with Gasteiger partial charge in [-0.05, 0) is 121 Å². The number of azo groups is 2. The van der Waals surface area contributed by atoms with Gasteiger partial charge in [-0.25, -0.2) is 8.42 Å². The molecule has 0 saturated heterocycles. The van der Waals surface area contributed by atoms with Gasteiger partial charge in [0, 0.05) is 37.8 Å². The summed E-state index contributed by atoms with van der Waals surface area (Å²) in [6.45, 7) is 2.99. The fraction of sp³-hybridized carbons (Fsp3) is 0.0800. The number of nitrogens with zero attached hydrogens (tertiary/aromatic N) is 4. The maximum Gasteiger partial charge on any atom is 2.00 e. The Hall–Kier alpha value is -6.72. The van der Waals surface area contributed by atoms with Crippen LogP contribution in [0.25, 0.3) is 21.5 Å². The molecule has 73 heavy (non-hydrogen) atoms. The zero-order valence-electron chi connectivity index (χ0n) is 38.7. The average molecular weight is 1090 g/mol. The van der Waals surface area contributed by atoms with Crippen molar-refractivity contribution in [2.75, 3.05) is 24.9 Å². The number of nitrogens with one attached hydrogen (secondary N) is 2. The maximum atomic E-state index is 13.3. The number of carbonyl (C=O) groups is 2. The first-order chi connectivity index (χ1) is 34.2. The van der Waals surface area contributed by atoms with Crippen molar-refractivity contribution in [3.63, 3.8) is 0 Å². The van der Waals surface area contributed by atoms with Crippen molar-refractivity contribution in [1.82, 2.24) is 0 Å². The van der Waals surface area contributed by atoms with Crippen molar-refractivity contribution in [3.8, 4) is 23.0 Å². The monoisotopic (exact) mass is 1090 g/mol. The van der Waals surface area contributed by atoms with Gasteiger partial charge in [-0.15, -0.1) is 15.3 Å². The molecule has 8 aromatic carbocycles. The molecule has 0 bridgehead atoms. The Morgan fingerprint density at radius 1 is 0.575 bits per heavy atom. The first-order valence-electron chi connectivity index (χ1n) is 20.9. The number of phenolic OH excluding ortho intramolecular Hbond substituents is 1. The van der Waals surface area contributed by atoms with Crippen LogP contribution in [0.5, 0.6) is 23.0 Å². The molecule has 0 aromatic heterocycles. The van der Waals surface area contributed by atoms with E-state index in [1.807, 2.05) is 0 Å². The van der Waals surface area contributed by atoms with Gasteiger partial charge in [0.2, 0.25) is 0 Å². The van der Waals surface area contributed by atoms with Gasteiger partial charge in [0.15, 0.2) is 5.75 Å². The number of aromatic hydroxyl groups is 1. The number of rotatable bonds is 12. The number of methoxy groups -OCH3 is 2. The second-order valence-corrected chi connectivity index (χ2v) is 19.0. The molecule has 0 aliphatic carbocycles. The van der Waals surface area contributed by atoms with Crippen LogP contribution in [-0.2, 0) is 20.2 Å². The van der Waals surface area contributed by atoms with Crippen LogP contribution in [0.1, 0.15) is 31.8 Å². The van der Waals surface area contributed by atoms with E-state index < -0.39 is 53.3 Å². The van der Waals surface area contributed by atoms with Crippen LogP contribution in [0.4, 0.5) is 34.1 Å². The number of ether oxygens (including phenoxy) is 2. The number of benzene rings is 8. The van der Waals surface area contributed by atoms with Gasteiger partial charge in [0.05, 0.1) is 30.4 Å². The fourth-order valence-electron chi connectivity index (χ4n) is 7.07. The summed E-state index contributed by atoms with van der Waals surface area (Å²) in [5.41, 5.74) is 0.371. The van der Waals surface area contributed by atoms with Crippen molar-refractivity contribution < 1.29 is 55.2 Å². The van der Waals surface area contributed by atoms with Crippen LogP contribution in [-0.4, -0.2) is 94.8 Å². The molecule has 8 aromatic rings. The normalized spacial score (nSPS) is 11.5. The molecule has 0 fully saturated rings. The Bertz CT molecular complexity index is 3490. The quantitative estimate of drug-likeness (QED) is 0.0505. The zero-order valence-corrected chi connectivity index (χ0v) is 44.1. The van der Waals surface area contributed by atoms with E-state index in [2.05, 4.69) is 31.1 Å². The van der Waals surface area contributed by atoms with Gasteiger partial charge < -0.3 is 34.9 Å². The number of fused-ring (bicyclic) bond motifs is 2. The van der Waals surface area contributed by atoms with Gasteiger partial charge in [0.25, 0.3) is 21.9 Å². The van der Waals surface area contributed by atoms with Crippen LogP contribution >= 0.6 is 23.2 Å². The first-order valence-corrected chi connectivity index (χ1v) is 24.5. The molecule has 0 atom stereocenters. The van der Waals surface area contributed by atoms with E-state index in [9.17, 15) is 45.7 Å². The molecular formula is C50H38CaCl2N6O12S2. The molecule has 23 heteroatoms. The molecule has 0 spiro atoms. The predicted octanol–water partition coefficient (Wildman–Crippen LogP) is 11.5. The molecular weight excluding hydrogens is 1050 g/mol. The molecule has 2 amide bonds. The predicted molar refractivity (Wildman–Crippen MR) is 275 cm³/mol. The third-order valence-corrected chi connectivity index (χ3v) is 13.4. The third-order valence-electron chi connectivity index (χ3n) is 10.9. The van der Waals surface area contributed by atoms with Crippen molar-refractivity contribution in [2.24, 2.45) is 20.5 Å². The van der Waals surface area contributed by atoms with E-state index >= 15 is 0 Å². The molecule has 8 rings (SSSR count). The largest absolute Gasteiger partial charge is 2.00 e. The maximum absolute atomic E-state index is 13.3. The van der Waals surface area contributed by atoms with Crippen molar-refractivity contribution >= 4 is 149 Å². The van der Waals surface area contributed by atoms with E-state index in [1.165, 1.54) is 52.3 Å². The molecule has 18 nitrogen and oxygen atoms in total.